The van der Waals surface area contributed by atoms with Crippen LogP contribution in [0.3, 0.4) is 0 Å². The number of para-hydroxylation sites is 1. The fraction of sp³-hybridized carbons (Fsp3) is 0.200. The Hall–Kier alpha value is -3.08. The van der Waals surface area contributed by atoms with Gasteiger partial charge in [-0.25, -0.2) is 0 Å². The largest absolute Gasteiger partial charge is 0.347 e. The van der Waals surface area contributed by atoms with Crippen LogP contribution in [0.5, 0.6) is 0 Å². The number of benzene rings is 2. The molecule has 4 aromatic rings. The average molecular weight is 332 g/mol. The highest BCUT2D eigenvalue weighted by molar-refractivity contribution is 6.11. The number of rotatable bonds is 4. The third-order valence-corrected chi connectivity index (χ3v) is 4.28. The standard InChI is InChI=1S/C20H20N4O/c1-13(2)12-24-10-9-14-11-15(7-8-18(14)24)21-20(25)19-16-5-3-4-6-17(16)22-23-19/h3-11,13H,12H2,1-2H3,(H,21,25)(H,22,23). The Balaban J connectivity index is 1.61. The zero-order valence-corrected chi connectivity index (χ0v) is 14.3. The van der Waals surface area contributed by atoms with Crippen molar-refractivity contribution in [3.8, 4) is 0 Å². The van der Waals surface area contributed by atoms with Crippen molar-refractivity contribution < 1.29 is 4.79 Å². The maximum Gasteiger partial charge on any atom is 0.276 e. The Morgan fingerprint density at radius 2 is 2.04 bits per heavy atom. The lowest BCUT2D eigenvalue weighted by Gasteiger charge is -2.09. The van der Waals surface area contributed by atoms with Crippen LogP contribution in [0, 0.1) is 5.92 Å². The van der Waals surface area contributed by atoms with Crippen molar-refractivity contribution in [1.29, 1.82) is 0 Å². The zero-order valence-electron chi connectivity index (χ0n) is 14.3. The van der Waals surface area contributed by atoms with Gasteiger partial charge < -0.3 is 9.88 Å². The smallest absolute Gasteiger partial charge is 0.276 e. The van der Waals surface area contributed by atoms with E-state index in [2.05, 4.69) is 52.3 Å². The molecule has 2 heterocycles. The number of nitrogens with one attached hydrogen (secondary N) is 2. The van der Waals surface area contributed by atoms with Crippen LogP contribution in [0.15, 0.2) is 54.7 Å². The van der Waals surface area contributed by atoms with Crippen molar-refractivity contribution in [3.05, 3.63) is 60.4 Å². The molecular weight excluding hydrogens is 312 g/mol. The summed E-state index contributed by atoms with van der Waals surface area (Å²) in [5.41, 5.74) is 3.21. The maximum absolute atomic E-state index is 12.6. The molecule has 2 N–H and O–H groups in total. The fourth-order valence-electron chi connectivity index (χ4n) is 3.16. The number of aromatic nitrogens is 3. The average Bonchev–Trinajstić information content (AvgIpc) is 3.18. The molecule has 0 atom stereocenters. The van der Waals surface area contributed by atoms with E-state index in [1.54, 1.807) is 0 Å². The van der Waals surface area contributed by atoms with Crippen LogP contribution in [0.4, 0.5) is 5.69 Å². The molecule has 0 saturated carbocycles. The van der Waals surface area contributed by atoms with Crippen LogP contribution in [-0.2, 0) is 6.54 Å². The molecule has 2 aromatic heterocycles. The van der Waals surface area contributed by atoms with Crippen molar-refractivity contribution in [2.75, 3.05) is 5.32 Å². The molecule has 0 bridgehead atoms. The number of hydrogen-bond donors (Lipinski definition) is 2. The Morgan fingerprint density at radius 1 is 1.20 bits per heavy atom. The molecule has 0 aliphatic heterocycles. The van der Waals surface area contributed by atoms with Gasteiger partial charge >= 0.3 is 0 Å². The van der Waals surface area contributed by atoms with Gasteiger partial charge in [-0.1, -0.05) is 32.0 Å². The van der Waals surface area contributed by atoms with E-state index in [0.717, 1.165) is 28.5 Å². The van der Waals surface area contributed by atoms with Gasteiger partial charge in [0.25, 0.3) is 5.91 Å². The van der Waals surface area contributed by atoms with Gasteiger partial charge in [-0.15, -0.1) is 0 Å². The predicted octanol–water partition coefficient (Wildman–Crippen LogP) is 4.43. The van der Waals surface area contributed by atoms with E-state index in [4.69, 9.17) is 0 Å². The summed E-state index contributed by atoms with van der Waals surface area (Å²) in [6.07, 6.45) is 2.09. The lowest BCUT2D eigenvalue weighted by atomic mass is 10.2. The number of carbonyl (C=O) groups is 1. The Bertz CT molecular complexity index is 1060. The first kappa shape index (κ1) is 15.4. The fourth-order valence-corrected chi connectivity index (χ4v) is 3.16. The van der Waals surface area contributed by atoms with Gasteiger partial charge in [0, 0.05) is 34.7 Å². The molecule has 0 unspecified atom stereocenters. The van der Waals surface area contributed by atoms with E-state index >= 15 is 0 Å². The second kappa shape index (κ2) is 6.09. The van der Waals surface area contributed by atoms with E-state index in [9.17, 15) is 4.79 Å². The first-order valence-corrected chi connectivity index (χ1v) is 8.45. The van der Waals surface area contributed by atoms with E-state index in [-0.39, 0.29) is 5.91 Å². The van der Waals surface area contributed by atoms with Gasteiger partial charge in [-0.05, 0) is 36.2 Å². The van der Waals surface area contributed by atoms with E-state index < -0.39 is 0 Å². The highest BCUT2D eigenvalue weighted by atomic mass is 16.1. The first-order valence-electron chi connectivity index (χ1n) is 8.45. The second-order valence-corrected chi connectivity index (χ2v) is 6.71. The number of fused-ring (bicyclic) bond motifs is 2. The van der Waals surface area contributed by atoms with Gasteiger partial charge in [-0.2, -0.15) is 5.10 Å². The van der Waals surface area contributed by atoms with Gasteiger partial charge in [0.2, 0.25) is 0 Å². The number of H-pyrrole nitrogens is 1. The summed E-state index contributed by atoms with van der Waals surface area (Å²) in [4.78, 5) is 12.6. The molecule has 126 valence electrons. The van der Waals surface area contributed by atoms with Gasteiger partial charge in [-0.3, -0.25) is 9.89 Å². The highest BCUT2D eigenvalue weighted by Gasteiger charge is 2.14. The minimum Gasteiger partial charge on any atom is -0.347 e. The summed E-state index contributed by atoms with van der Waals surface area (Å²) in [7, 11) is 0. The zero-order chi connectivity index (χ0) is 17.4. The van der Waals surface area contributed by atoms with Gasteiger partial charge in [0.05, 0.1) is 5.52 Å². The van der Waals surface area contributed by atoms with E-state index in [0.29, 0.717) is 11.6 Å². The second-order valence-electron chi connectivity index (χ2n) is 6.71. The summed E-state index contributed by atoms with van der Waals surface area (Å²) in [6, 6.07) is 15.7. The van der Waals surface area contributed by atoms with Crippen molar-refractivity contribution in [3.63, 3.8) is 0 Å². The summed E-state index contributed by atoms with van der Waals surface area (Å²) < 4.78 is 2.24. The third-order valence-electron chi connectivity index (χ3n) is 4.28. The number of aromatic amines is 1. The van der Waals surface area contributed by atoms with Crippen molar-refractivity contribution in [1.82, 2.24) is 14.8 Å². The number of anilines is 1. The predicted molar refractivity (Wildman–Crippen MR) is 101 cm³/mol. The number of hydrogen-bond acceptors (Lipinski definition) is 2. The minimum atomic E-state index is -0.210. The number of carbonyl (C=O) groups excluding carboxylic acids is 1. The van der Waals surface area contributed by atoms with Crippen molar-refractivity contribution in [2.45, 2.75) is 20.4 Å². The third kappa shape index (κ3) is 2.89. The Kier molecular flexibility index (Phi) is 3.76. The highest BCUT2D eigenvalue weighted by Crippen LogP contribution is 2.23. The molecule has 5 heteroatoms. The summed E-state index contributed by atoms with van der Waals surface area (Å²) >= 11 is 0. The Labute approximate surface area is 145 Å². The quantitative estimate of drug-likeness (QED) is 0.581. The maximum atomic E-state index is 12.6. The van der Waals surface area contributed by atoms with Gasteiger partial charge in [0.1, 0.15) is 0 Å². The Morgan fingerprint density at radius 3 is 2.88 bits per heavy atom. The molecule has 0 aliphatic carbocycles. The van der Waals surface area contributed by atoms with Crippen LogP contribution >= 0.6 is 0 Å². The molecule has 0 aliphatic rings. The lowest BCUT2D eigenvalue weighted by Crippen LogP contribution is -2.12. The van der Waals surface area contributed by atoms with Crippen LogP contribution in [0.25, 0.3) is 21.8 Å². The van der Waals surface area contributed by atoms with Crippen molar-refractivity contribution >= 4 is 33.4 Å². The summed E-state index contributed by atoms with van der Waals surface area (Å²) in [6.45, 7) is 5.39. The molecule has 25 heavy (non-hydrogen) atoms. The molecule has 2 aromatic carbocycles. The van der Waals surface area contributed by atoms with Crippen LogP contribution < -0.4 is 5.32 Å². The molecule has 1 amide bonds. The van der Waals surface area contributed by atoms with Crippen LogP contribution in [-0.4, -0.2) is 20.7 Å². The van der Waals surface area contributed by atoms with Crippen LogP contribution in [0.1, 0.15) is 24.3 Å². The molecule has 0 fully saturated rings. The molecule has 0 saturated heterocycles. The normalized spacial score (nSPS) is 11.5. The minimum absolute atomic E-state index is 0.210. The SMILES string of the molecule is CC(C)Cn1ccc2cc(NC(=O)c3n[nH]c4ccccc34)ccc21. The van der Waals surface area contributed by atoms with Crippen molar-refractivity contribution in [2.24, 2.45) is 5.92 Å². The first-order chi connectivity index (χ1) is 12.1. The monoisotopic (exact) mass is 332 g/mol. The van der Waals surface area contributed by atoms with E-state index in [1.165, 1.54) is 5.52 Å². The molecule has 4 rings (SSSR count). The lowest BCUT2D eigenvalue weighted by molar-refractivity contribution is 0.102. The number of nitrogens with zero attached hydrogens (tertiary/aromatic N) is 2. The molecule has 0 spiro atoms. The van der Waals surface area contributed by atoms with E-state index in [1.807, 2.05) is 36.4 Å². The molecule has 0 radical (unpaired) electrons. The summed E-state index contributed by atoms with van der Waals surface area (Å²) in [5.74, 6) is 0.376. The summed E-state index contributed by atoms with van der Waals surface area (Å²) in [5, 5.41) is 11.9. The molecule has 5 nitrogen and oxygen atoms in total. The number of amides is 1. The van der Waals surface area contributed by atoms with Crippen LogP contribution in [0.2, 0.25) is 0 Å². The molecular formula is C20H20N4O. The topological polar surface area (TPSA) is 62.7 Å². The van der Waals surface area contributed by atoms with Gasteiger partial charge in [0.15, 0.2) is 5.69 Å².